The Hall–Kier alpha value is -1.48. The SMILES string of the molecule is CCNC(=NCc1cc(CC)no1)NC1CCN(c2cccc(Cl)c2)C1.I. The molecule has 6 nitrogen and oxygen atoms in total. The molecule has 0 saturated carbocycles. The Labute approximate surface area is 182 Å². The monoisotopic (exact) mass is 503 g/mol. The highest BCUT2D eigenvalue weighted by atomic mass is 127. The lowest BCUT2D eigenvalue weighted by atomic mass is 10.2. The Morgan fingerprint density at radius 2 is 2.22 bits per heavy atom. The number of hydrogen-bond donors (Lipinski definition) is 2. The smallest absolute Gasteiger partial charge is 0.191 e. The van der Waals surface area contributed by atoms with Crippen LogP contribution in [0.3, 0.4) is 0 Å². The second-order valence-corrected chi connectivity index (χ2v) is 6.83. The van der Waals surface area contributed by atoms with E-state index in [9.17, 15) is 0 Å². The van der Waals surface area contributed by atoms with Crippen LogP contribution in [-0.4, -0.2) is 36.8 Å². The molecule has 1 saturated heterocycles. The molecule has 0 aliphatic carbocycles. The van der Waals surface area contributed by atoms with Crippen LogP contribution in [0.2, 0.25) is 5.02 Å². The van der Waals surface area contributed by atoms with E-state index < -0.39 is 0 Å². The first-order valence-electron chi connectivity index (χ1n) is 9.17. The number of guanidine groups is 1. The molecule has 0 amide bonds. The number of anilines is 1. The van der Waals surface area contributed by atoms with E-state index in [2.05, 4.69) is 45.6 Å². The van der Waals surface area contributed by atoms with Gasteiger partial charge in [0.2, 0.25) is 0 Å². The number of hydrogen-bond acceptors (Lipinski definition) is 4. The summed E-state index contributed by atoms with van der Waals surface area (Å²) in [6.07, 6.45) is 1.92. The molecule has 1 aromatic heterocycles. The van der Waals surface area contributed by atoms with Gasteiger partial charge in [-0.3, -0.25) is 0 Å². The van der Waals surface area contributed by atoms with Crippen molar-refractivity contribution in [2.24, 2.45) is 4.99 Å². The summed E-state index contributed by atoms with van der Waals surface area (Å²) in [5.41, 5.74) is 2.12. The molecule has 1 aliphatic heterocycles. The standard InChI is InChI=1S/C19H26ClN5O.HI/c1-3-15-11-18(26-24-15)12-22-19(21-4-2)23-16-8-9-25(13-16)17-7-5-6-14(20)10-17;/h5-7,10-11,16H,3-4,8-9,12-13H2,1-2H3,(H2,21,22,23);1H. The molecule has 1 aromatic carbocycles. The molecule has 148 valence electrons. The Kier molecular flexibility index (Phi) is 8.69. The number of aromatic nitrogens is 1. The third kappa shape index (κ3) is 6.27. The summed E-state index contributed by atoms with van der Waals surface area (Å²) in [6.45, 7) is 7.34. The van der Waals surface area contributed by atoms with Crippen molar-refractivity contribution in [2.45, 2.75) is 39.3 Å². The fourth-order valence-electron chi connectivity index (χ4n) is 3.05. The molecule has 1 aliphatic rings. The van der Waals surface area contributed by atoms with Crippen LogP contribution in [-0.2, 0) is 13.0 Å². The van der Waals surface area contributed by atoms with Gasteiger partial charge in [-0.2, -0.15) is 0 Å². The van der Waals surface area contributed by atoms with Gasteiger partial charge in [-0.05, 0) is 38.0 Å². The number of nitrogens with zero attached hydrogens (tertiary/aromatic N) is 3. The maximum absolute atomic E-state index is 6.11. The average Bonchev–Trinajstić information content (AvgIpc) is 3.29. The summed E-state index contributed by atoms with van der Waals surface area (Å²) in [4.78, 5) is 6.97. The van der Waals surface area contributed by atoms with Gasteiger partial charge in [-0.15, -0.1) is 24.0 Å². The van der Waals surface area contributed by atoms with E-state index in [-0.39, 0.29) is 24.0 Å². The first kappa shape index (κ1) is 21.8. The predicted octanol–water partition coefficient (Wildman–Crippen LogP) is 3.84. The number of halogens is 2. The average molecular weight is 504 g/mol. The zero-order valence-corrected chi connectivity index (χ0v) is 18.8. The third-order valence-electron chi connectivity index (χ3n) is 4.41. The summed E-state index contributed by atoms with van der Waals surface area (Å²) in [7, 11) is 0. The molecule has 2 N–H and O–H groups in total. The number of nitrogens with one attached hydrogen (secondary N) is 2. The Balaban J connectivity index is 0.00000261. The maximum atomic E-state index is 6.11. The minimum absolute atomic E-state index is 0. The first-order chi connectivity index (χ1) is 12.7. The van der Waals surface area contributed by atoms with Gasteiger partial charge < -0.3 is 20.1 Å². The molecule has 0 bridgehead atoms. The van der Waals surface area contributed by atoms with Gasteiger partial charge >= 0.3 is 0 Å². The zero-order valence-electron chi connectivity index (χ0n) is 15.7. The quantitative estimate of drug-likeness (QED) is 0.356. The molecule has 2 heterocycles. The van der Waals surface area contributed by atoms with Crippen molar-refractivity contribution in [1.29, 1.82) is 0 Å². The van der Waals surface area contributed by atoms with Crippen molar-refractivity contribution >= 4 is 47.2 Å². The number of aliphatic imine (C=N–C) groups is 1. The topological polar surface area (TPSA) is 65.7 Å². The molecule has 1 fully saturated rings. The van der Waals surface area contributed by atoms with E-state index >= 15 is 0 Å². The van der Waals surface area contributed by atoms with Crippen LogP contribution in [0.5, 0.6) is 0 Å². The van der Waals surface area contributed by atoms with Crippen LogP contribution in [0.4, 0.5) is 5.69 Å². The summed E-state index contributed by atoms with van der Waals surface area (Å²) in [6, 6.07) is 10.3. The Bertz CT molecular complexity index is 751. The van der Waals surface area contributed by atoms with E-state index in [0.717, 1.165) is 60.6 Å². The van der Waals surface area contributed by atoms with Crippen molar-refractivity contribution in [3.8, 4) is 0 Å². The zero-order chi connectivity index (χ0) is 18.4. The molecule has 27 heavy (non-hydrogen) atoms. The van der Waals surface area contributed by atoms with Crippen LogP contribution < -0.4 is 15.5 Å². The minimum Gasteiger partial charge on any atom is -0.369 e. The van der Waals surface area contributed by atoms with Crippen LogP contribution in [0, 0.1) is 0 Å². The maximum Gasteiger partial charge on any atom is 0.191 e. The molecule has 3 rings (SSSR count). The summed E-state index contributed by atoms with van der Waals surface area (Å²) in [5.74, 6) is 1.59. The fraction of sp³-hybridized carbons (Fsp3) is 0.474. The lowest BCUT2D eigenvalue weighted by molar-refractivity contribution is 0.379. The molecule has 1 unspecified atom stereocenters. The lowest BCUT2D eigenvalue weighted by Gasteiger charge is -2.20. The summed E-state index contributed by atoms with van der Waals surface area (Å²) in [5, 5.41) is 11.6. The third-order valence-corrected chi connectivity index (χ3v) is 4.64. The molecule has 2 aromatic rings. The van der Waals surface area contributed by atoms with Gasteiger partial charge in [0.1, 0.15) is 6.54 Å². The lowest BCUT2D eigenvalue weighted by Crippen LogP contribution is -2.44. The van der Waals surface area contributed by atoms with Crippen LogP contribution in [0.25, 0.3) is 0 Å². The molecule has 0 radical (unpaired) electrons. The van der Waals surface area contributed by atoms with Crippen molar-refractivity contribution in [3.05, 3.63) is 46.8 Å². The number of benzene rings is 1. The molecular formula is C19H27ClIN5O. The van der Waals surface area contributed by atoms with Crippen molar-refractivity contribution in [3.63, 3.8) is 0 Å². The fourth-order valence-corrected chi connectivity index (χ4v) is 3.24. The van der Waals surface area contributed by atoms with Gasteiger partial charge in [0.15, 0.2) is 11.7 Å². The van der Waals surface area contributed by atoms with Crippen LogP contribution in [0.1, 0.15) is 31.7 Å². The van der Waals surface area contributed by atoms with E-state index in [4.69, 9.17) is 16.1 Å². The highest BCUT2D eigenvalue weighted by molar-refractivity contribution is 14.0. The molecule has 8 heteroatoms. The number of aryl methyl sites for hydroxylation is 1. The second kappa shape index (κ2) is 10.8. The minimum atomic E-state index is 0. The van der Waals surface area contributed by atoms with Crippen molar-refractivity contribution < 1.29 is 4.52 Å². The second-order valence-electron chi connectivity index (χ2n) is 6.39. The van der Waals surface area contributed by atoms with Crippen molar-refractivity contribution in [1.82, 2.24) is 15.8 Å². The van der Waals surface area contributed by atoms with E-state index in [1.54, 1.807) is 0 Å². The van der Waals surface area contributed by atoms with Crippen LogP contribution >= 0.6 is 35.6 Å². The van der Waals surface area contributed by atoms with Crippen LogP contribution in [0.15, 0.2) is 39.8 Å². The normalized spacial score (nSPS) is 16.9. The van der Waals surface area contributed by atoms with E-state index in [1.165, 1.54) is 0 Å². The number of rotatable bonds is 6. The predicted molar refractivity (Wildman–Crippen MR) is 121 cm³/mol. The van der Waals surface area contributed by atoms with Gasteiger partial charge in [-0.1, -0.05) is 29.7 Å². The first-order valence-corrected chi connectivity index (χ1v) is 9.55. The summed E-state index contributed by atoms with van der Waals surface area (Å²) >= 11 is 6.11. The van der Waals surface area contributed by atoms with Gasteiger partial charge in [0, 0.05) is 42.5 Å². The molecular weight excluding hydrogens is 477 g/mol. The molecule has 0 spiro atoms. The van der Waals surface area contributed by atoms with Gasteiger partial charge in [0.05, 0.1) is 5.69 Å². The highest BCUT2D eigenvalue weighted by Gasteiger charge is 2.23. The van der Waals surface area contributed by atoms with E-state index in [0.29, 0.717) is 12.6 Å². The summed E-state index contributed by atoms with van der Waals surface area (Å²) < 4.78 is 5.31. The Morgan fingerprint density at radius 1 is 1.37 bits per heavy atom. The Morgan fingerprint density at radius 3 is 2.93 bits per heavy atom. The highest BCUT2D eigenvalue weighted by Crippen LogP contribution is 2.23. The van der Waals surface area contributed by atoms with Gasteiger partial charge in [-0.25, -0.2) is 4.99 Å². The molecule has 1 atom stereocenters. The van der Waals surface area contributed by atoms with Gasteiger partial charge in [0.25, 0.3) is 0 Å². The largest absolute Gasteiger partial charge is 0.369 e. The van der Waals surface area contributed by atoms with E-state index in [1.807, 2.05) is 24.3 Å². The van der Waals surface area contributed by atoms with Crippen molar-refractivity contribution in [2.75, 3.05) is 24.5 Å².